The first-order valence-electron chi connectivity index (χ1n) is 6.66. The van der Waals surface area contributed by atoms with Crippen molar-refractivity contribution in [3.63, 3.8) is 0 Å². The van der Waals surface area contributed by atoms with Gasteiger partial charge in [-0.3, -0.25) is 9.89 Å². The summed E-state index contributed by atoms with van der Waals surface area (Å²) < 4.78 is 0. The molecule has 3 N–H and O–H groups in total. The normalized spacial score (nSPS) is 21.4. The predicted octanol–water partition coefficient (Wildman–Crippen LogP) is 3.10. The number of benzene rings is 2. The summed E-state index contributed by atoms with van der Waals surface area (Å²) in [6, 6.07) is 14.7. The van der Waals surface area contributed by atoms with Crippen molar-refractivity contribution < 1.29 is 5.11 Å². The number of para-hydroxylation sites is 1. The molecule has 4 nitrogen and oxygen atoms in total. The third kappa shape index (κ3) is 2.21. The summed E-state index contributed by atoms with van der Waals surface area (Å²) in [5.41, 5.74) is 7.51. The molecule has 0 fully saturated rings. The van der Waals surface area contributed by atoms with Gasteiger partial charge in [-0.05, 0) is 36.8 Å². The molecule has 21 heavy (non-hydrogen) atoms. The van der Waals surface area contributed by atoms with Crippen molar-refractivity contribution in [1.82, 2.24) is 0 Å². The zero-order valence-electron chi connectivity index (χ0n) is 11.6. The van der Waals surface area contributed by atoms with Crippen LogP contribution in [0.1, 0.15) is 12.5 Å². The van der Waals surface area contributed by atoms with Crippen LogP contribution in [0, 0.1) is 0 Å². The van der Waals surface area contributed by atoms with Crippen molar-refractivity contribution in [3.05, 3.63) is 59.1 Å². The second kappa shape index (κ2) is 4.97. The third-order valence-corrected chi connectivity index (χ3v) is 4.17. The van der Waals surface area contributed by atoms with E-state index in [2.05, 4.69) is 11.9 Å². The Labute approximate surface area is 128 Å². The molecular weight excluding hydrogens is 286 g/mol. The maximum absolute atomic E-state index is 9.47. The van der Waals surface area contributed by atoms with Crippen molar-refractivity contribution >= 4 is 23.2 Å². The molecule has 2 aromatic carbocycles. The first-order valence-corrected chi connectivity index (χ1v) is 7.04. The van der Waals surface area contributed by atoms with E-state index in [1.807, 2.05) is 41.3 Å². The number of anilines is 1. The maximum Gasteiger partial charge on any atom is 0.196 e. The van der Waals surface area contributed by atoms with Crippen LogP contribution in [0.4, 0.5) is 5.69 Å². The van der Waals surface area contributed by atoms with Crippen molar-refractivity contribution in [2.24, 2.45) is 10.7 Å². The molecule has 5 heteroatoms. The number of guanidine groups is 1. The van der Waals surface area contributed by atoms with Crippen LogP contribution in [0.2, 0.25) is 5.02 Å². The molecule has 1 unspecified atom stereocenters. The summed E-state index contributed by atoms with van der Waals surface area (Å²) in [5, 5.41) is 10.1. The summed E-state index contributed by atoms with van der Waals surface area (Å²) in [4.78, 5) is 6.33. The molecule has 1 aliphatic rings. The lowest BCUT2D eigenvalue weighted by molar-refractivity contribution is 0.473. The highest BCUT2D eigenvalue weighted by Crippen LogP contribution is 2.39. The molecule has 108 valence electrons. The molecule has 1 atom stereocenters. The van der Waals surface area contributed by atoms with E-state index in [9.17, 15) is 5.11 Å². The molecule has 0 amide bonds. The monoisotopic (exact) mass is 301 g/mol. The maximum atomic E-state index is 9.47. The van der Waals surface area contributed by atoms with E-state index in [0.29, 0.717) is 17.5 Å². The van der Waals surface area contributed by atoms with E-state index >= 15 is 0 Å². The van der Waals surface area contributed by atoms with Crippen LogP contribution >= 0.6 is 11.6 Å². The lowest BCUT2D eigenvalue weighted by atomic mass is 9.90. The largest absolute Gasteiger partial charge is 0.508 e. The average molecular weight is 302 g/mol. The van der Waals surface area contributed by atoms with Crippen LogP contribution < -0.4 is 10.6 Å². The van der Waals surface area contributed by atoms with E-state index < -0.39 is 5.54 Å². The summed E-state index contributed by atoms with van der Waals surface area (Å²) in [7, 11) is 0. The van der Waals surface area contributed by atoms with Gasteiger partial charge in [0.05, 0.1) is 22.8 Å². The molecule has 0 aromatic heterocycles. The fraction of sp³-hybridized carbons (Fsp3) is 0.188. The molecule has 0 saturated carbocycles. The van der Waals surface area contributed by atoms with Gasteiger partial charge in [0.1, 0.15) is 5.75 Å². The second-order valence-corrected chi connectivity index (χ2v) is 5.69. The summed E-state index contributed by atoms with van der Waals surface area (Å²) in [5.74, 6) is 0.678. The molecular formula is C16H16ClN3O. The van der Waals surface area contributed by atoms with Gasteiger partial charge in [-0.1, -0.05) is 35.9 Å². The van der Waals surface area contributed by atoms with Crippen LogP contribution in [0.3, 0.4) is 0 Å². The molecule has 0 aliphatic carbocycles. The highest BCUT2D eigenvalue weighted by molar-refractivity contribution is 6.34. The topological polar surface area (TPSA) is 61.9 Å². The highest BCUT2D eigenvalue weighted by atomic mass is 35.5. The molecule has 1 heterocycles. The van der Waals surface area contributed by atoms with Crippen LogP contribution in [0.15, 0.2) is 53.5 Å². The molecule has 1 aliphatic heterocycles. The lowest BCUT2D eigenvalue weighted by Crippen LogP contribution is -2.47. The number of aromatic hydroxyl groups is 1. The number of aliphatic imine (C=N–C) groups is 1. The van der Waals surface area contributed by atoms with Gasteiger partial charge in [0.25, 0.3) is 0 Å². The SMILES string of the molecule is CC1(c2ccc(O)cc2)CN=C(N)N1c1ccccc1Cl. The Balaban J connectivity index is 2.10. The smallest absolute Gasteiger partial charge is 0.196 e. The second-order valence-electron chi connectivity index (χ2n) is 5.28. The van der Waals surface area contributed by atoms with Gasteiger partial charge >= 0.3 is 0 Å². The summed E-state index contributed by atoms with van der Waals surface area (Å²) in [6.45, 7) is 2.60. The van der Waals surface area contributed by atoms with Gasteiger partial charge in [0, 0.05) is 0 Å². The van der Waals surface area contributed by atoms with Crippen molar-refractivity contribution in [2.45, 2.75) is 12.5 Å². The van der Waals surface area contributed by atoms with Crippen LogP contribution in [-0.2, 0) is 5.54 Å². The number of nitrogens with two attached hydrogens (primary N) is 1. The van der Waals surface area contributed by atoms with Crippen LogP contribution in [-0.4, -0.2) is 17.6 Å². The number of hydrogen-bond acceptors (Lipinski definition) is 4. The zero-order chi connectivity index (χ0) is 15.0. The minimum absolute atomic E-state index is 0.235. The Morgan fingerprint density at radius 2 is 1.86 bits per heavy atom. The summed E-state index contributed by atoms with van der Waals surface area (Å²) in [6.07, 6.45) is 0. The molecule has 3 rings (SSSR count). The minimum Gasteiger partial charge on any atom is -0.508 e. The number of nitrogens with zero attached hydrogens (tertiary/aromatic N) is 2. The fourth-order valence-corrected chi connectivity index (χ4v) is 2.91. The zero-order valence-corrected chi connectivity index (χ0v) is 12.4. The first kappa shape index (κ1) is 13.8. The van der Waals surface area contributed by atoms with Crippen LogP contribution in [0.5, 0.6) is 5.75 Å². The Kier molecular flexibility index (Phi) is 3.26. The number of halogens is 1. The van der Waals surface area contributed by atoms with Gasteiger partial charge in [-0.15, -0.1) is 0 Å². The third-order valence-electron chi connectivity index (χ3n) is 3.85. The van der Waals surface area contributed by atoms with Gasteiger partial charge in [0.15, 0.2) is 5.96 Å². The van der Waals surface area contributed by atoms with Gasteiger partial charge < -0.3 is 10.8 Å². The van der Waals surface area contributed by atoms with E-state index in [1.54, 1.807) is 12.1 Å². The number of phenolic OH excluding ortho intramolecular Hbond substituents is 1. The summed E-state index contributed by atoms with van der Waals surface area (Å²) >= 11 is 6.32. The Bertz CT molecular complexity index is 699. The highest BCUT2D eigenvalue weighted by Gasteiger charge is 2.41. The standard InChI is InChI=1S/C16H16ClN3O/c1-16(11-6-8-12(21)9-7-11)10-19-15(18)20(16)14-5-3-2-4-13(14)17/h2-9,21H,10H2,1H3,(H2,18,19). The van der Waals surface area contributed by atoms with Crippen LogP contribution in [0.25, 0.3) is 0 Å². The lowest BCUT2D eigenvalue weighted by Gasteiger charge is -2.37. The average Bonchev–Trinajstić information content (AvgIpc) is 2.77. The molecule has 0 radical (unpaired) electrons. The number of phenols is 1. The van der Waals surface area contributed by atoms with Gasteiger partial charge in [-0.2, -0.15) is 0 Å². The molecule has 0 spiro atoms. The van der Waals surface area contributed by atoms with E-state index in [0.717, 1.165) is 11.3 Å². The van der Waals surface area contributed by atoms with E-state index in [1.165, 1.54) is 0 Å². The Morgan fingerprint density at radius 1 is 1.19 bits per heavy atom. The fourth-order valence-electron chi connectivity index (χ4n) is 2.69. The minimum atomic E-state index is -0.428. The Morgan fingerprint density at radius 3 is 2.52 bits per heavy atom. The van der Waals surface area contributed by atoms with Crippen molar-refractivity contribution in [3.8, 4) is 5.75 Å². The van der Waals surface area contributed by atoms with Gasteiger partial charge in [-0.25, -0.2) is 0 Å². The number of hydrogen-bond donors (Lipinski definition) is 2. The van der Waals surface area contributed by atoms with Crippen molar-refractivity contribution in [1.29, 1.82) is 0 Å². The molecule has 2 aromatic rings. The molecule has 0 saturated heterocycles. The Hall–Kier alpha value is -2.20. The number of rotatable bonds is 2. The quantitative estimate of drug-likeness (QED) is 0.896. The van der Waals surface area contributed by atoms with E-state index in [-0.39, 0.29) is 5.75 Å². The van der Waals surface area contributed by atoms with Crippen molar-refractivity contribution in [2.75, 3.05) is 11.4 Å². The predicted molar refractivity (Wildman–Crippen MR) is 85.9 cm³/mol. The first-order chi connectivity index (χ1) is 10.0. The van der Waals surface area contributed by atoms with Gasteiger partial charge in [0.2, 0.25) is 0 Å². The molecule has 0 bridgehead atoms. The van der Waals surface area contributed by atoms with E-state index in [4.69, 9.17) is 17.3 Å².